The van der Waals surface area contributed by atoms with Gasteiger partial charge in [-0.15, -0.1) is 0 Å². The Hall–Kier alpha value is -3.26. The zero-order chi connectivity index (χ0) is 23.9. The van der Waals surface area contributed by atoms with Crippen molar-refractivity contribution in [3.63, 3.8) is 0 Å². The SMILES string of the molecule is O=C(CN1CCN(C(=O)C2CCCCC2)CC1)Nc1ccccc1C(=O)Nc1ccc(F)cc1. The monoisotopic (exact) mass is 466 g/mol. The molecule has 0 aromatic heterocycles. The minimum atomic E-state index is -0.391. The number of amides is 3. The average molecular weight is 467 g/mol. The van der Waals surface area contributed by atoms with Gasteiger partial charge >= 0.3 is 0 Å². The van der Waals surface area contributed by atoms with E-state index in [9.17, 15) is 18.8 Å². The first kappa shape index (κ1) is 23.9. The first-order chi connectivity index (χ1) is 16.5. The topological polar surface area (TPSA) is 81.8 Å². The highest BCUT2D eigenvalue weighted by atomic mass is 19.1. The molecule has 1 heterocycles. The highest BCUT2D eigenvalue weighted by Gasteiger charge is 2.29. The maximum absolute atomic E-state index is 13.1. The molecule has 1 aliphatic carbocycles. The second-order valence-electron chi connectivity index (χ2n) is 8.99. The number of benzene rings is 2. The molecule has 2 aromatic carbocycles. The lowest BCUT2D eigenvalue weighted by atomic mass is 9.88. The summed E-state index contributed by atoms with van der Waals surface area (Å²) < 4.78 is 13.1. The molecule has 7 nitrogen and oxygen atoms in total. The predicted octanol–water partition coefficient (Wildman–Crippen LogP) is 3.74. The molecule has 1 aliphatic heterocycles. The highest BCUT2D eigenvalue weighted by molar-refractivity contribution is 6.10. The molecule has 180 valence electrons. The third-order valence-corrected chi connectivity index (χ3v) is 6.55. The molecule has 0 unspecified atom stereocenters. The van der Waals surface area contributed by atoms with Crippen LogP contribution in [0.3, 0.4) is 0 Å². The van der Waals surface area contributed by atoms with E-state index in [4.69, 9.17) is 0 Å². The fraction of sp³-hybridized carbons (Fsp3) is 0.423. The lowest BCUT2D eigenvalue weighted by Gasteiger charge is -2.36. The van der Waals surface area contributed by atoms with Crippen LogP contribution in [0.1, 0.15) is 42.5 Å². The van der Waals surface area contributed by atoms with Crippen LogP contribution >= 0.6 is 0 Å². The number of hydrogen-bond donors (Lipinski definition) is 2. The molecule has 0 bridgehead atoms. The number of hydrogen-bond acceptors (Lipinski definition) is 4. The van der Waals surface area contributed by atoms with E-state index in [1.807, 2.05) is 9.80 Å². The molecule has 2 aromatic rings. The summed E-state index contributed by atoms with van der Waals surface area (Å²) >= 11 is 0. The van der Waals surface area contributed by atoms with Crippen LogP contribution in [0.25, 0.3) is 0 Å². The normalized spacial score (nSPS) is 17.3. The molecular weight excluding hydrogens is 435 g/mol. The molecule has 0 atom stereocenters. The average Bonchev–Trinajstić information content (AvgIpc) is 2.86. The second-order valence-corrected chi connectivity index (χ2v) is 8.99. The summed E-state index contributed by atoms with van der Waals surface area (Å²) in [5.74, 6) is -0.553. The molecule has 0 radical (unpaired) electrons. The van der Waals surface area contributed by atoms with E-state index in [-0.39, 0.29) is 30.1 Å². The number of carbonyl (C=O) groups is 3. The summed E-state index contributed by atoms with van der Waals surface area (Å²) in [5.41, 5.74) is 1.20. The fourth-order valence-electron chi connectivity index (χ4n) is 4.65. The van der Waals surface area contributed by atoms with Crippen molar-refractivity contribution in [3.05, 3.63) is 59.9 Å². The van der Waals surface area contributed by atoms with Gasteiger partial charge < -0.3 is 15.5 Å². The van der Waals surface area contributed by atoms with Crippen LogP contribution in [-0.4, -0.2) is 60.2 Å². The van der Waals surface area contributed by atoms with E-state index in [1.54, 1.807) is 24.3 Å². The van der Waals surface area contributed by atoms with Gasteiger partial charge in [-0.25, -0.2) is 4.39 Å². The molecule has 1 saturated heterocycles. The van der Waals surface area contributed by atoms with Gasteiger partial charge in [0.15, 0.2) is 0 Å². The summed E-state index contributed by atoms with van der Waals surface area (Å²) in [7, 11) is 0. The zero-order valence-electron chi connectivity index (χ0n) is 19.3. The van der Waals surface area contributed by atoms with E-state index in [0.29, 0.717) is 43.1 Å². The Kier molecular flexibility index (Phi) is 7.90. The van der Waals surface area contributed by atoms with Gasteiger partial charge in [0.2, 0.25) is 11.8 Å². The second kappa shape index (κ2) is 11.2. The molecule has 2 fully saturated rings. The number of nitrogens with one attached hydrogen (secondary N) is 2. The molecule has 4 rings (SSSR count). The quantitative estimate of drug-likeness (QED) is 0.680. The third-order valence-electron chi connectivity index (χ3n) is 6.55. The van der Waals surface area contributed by atoms with Crippen molar-refractivity contribution < 1.29 is 18.8 Å². The standard InChI is InChI=1S/C26H31FN4O3/c27-20-10-12-21(13-11-20)28-25(33)22-8-4-5-9-23(22)29-24(32)18-30-14-16-31(17-15-30)26(34)19-6-2-1-3-7-19/h4-5,8-13,19H,1-3,6-7,14-18H2,(H,28,33)(H,29,32). The Morgan fingerprint density at radius 3 is 2.24 bits per heavy atom. The maximum Gasteiger partial charge on any atom is 0.257 e. The first-order valence-corrected chi connectivity index (χ1v) is 12.0. The highest BCUT2D eigenvalue weighted by Crippen LogP contribution is 2.26. The number of para-hydroxylation sites is 1. The van der Waals surface area contributed by atoms with Crippen molar-refractivity contribution in [3.8, 4) is 0 Å². The van der Waals surface area contributed by atoms with Crippen molar-refractivity contribution in [1.82, 2.24) is 9.80 Å². The van der Waals surface area contributed by atoms with E-state index in [2.05, 4.69) is 10.6 Å². The van der Waals surface area contributed by atoms with Crippen molar-refractivity contribution in [2.75, 3.05) is 43.4 Å². The van der Waals surface area contributed by atoms with Crippen LogP contribution in [0.2, 0.25) is 0 Å². The fourth-order valence-corrected chi connectivity index (χ4v) is 4.65. The summed E-state index contributed by atoms with van der Waals surface area (Å²) in [4.78, 5) is 42.1. The van der Waals surface area contributed by atoms with Gasteiger partial charge in [0.1, 0.15) is 5.82 Å². The largest absolute Gasteiger partial charge is 0.340 e. The first-order valence-electron chi connectivity index (χ1n) is 12.0. The summed E-state index contributed by atoms with van der Waals surface area (Å²) in [6.07, 6.45) is 5.49. The summed E-state index contributed by atoms with van der Waals surface area (Å²) in [5, 5.41) is 5.56. The van der Waals surface area contributed by atoms with E-state index in [1.165, 1.54) is 30.7 Å². The van der Waals surface area contributed by atoms with Crippen molar-refractivity contribution in [2.24, 2.45) is 5.92 Å². The van der Waals surface area contributed by atoms with E-state index >= 15 is 0 Å². The number of piperazine rings is 1. The number of anilines is 2. The molecule has 0 spiro atoms. The van der Waals surface area contributed by atoms with Gasteiger partial charge in [0, 0.05) is 37.8 Å². The number of halogens is 1. The van der Waals surface area contributed by atoms with Gasteiger partial charge in [-0.2, -0.15) is 0 Å². The van der Waals surface area contributed by atoms with Gasteiger partial charge in [-0.1, -0.05) is 31.4 Å². The van der Waals surface area contributed by atoms with Crippen molar-refractivity contribution in [1.29, 1.82) is 0 Å². The number of nitrogens with zero attached hydrogens (tertiary/aromatic N) is 2. The van der Waals surface area contributed by atoms with E-state index in [0.717, 1.165) is 25.7 Å². The Bertz CT molecular complexity index is 1010. The number of carbonyl (C=O) groups excluding carboxylic acids is 3. The predicted molar refractivity (Wildman–Crippen MR) is 129 cm³/mol. The Morgan fingerprint density at radius 2 is 1.53 bits per heavy atom. The van der Waals surface area contributed by atoms with Gasteiger partial charge in [0.25, 0.3) is 5.91 Å². The summed E-state index contributed by atoms with van der Waals surface area (Å²) in [6.45, 7) is 2.77. The molecule has 2 N–H and O–H groups in total. The number of rotatable bonds is 6. The van der Waals surface area contributed by atoms with E-state index < -0.39 is 5.91 Å². The molecule has 8 heteroatoms. The van der Waals surface area contributed by atoms with Crippen molar-refractivity contribution in [2.45, 2.75) is 32.1 Å². The molecule has 2 aliphatic rings. The molecule has 1 saturated carbocycles. The smallest absolute Gasteiger partial charge is 0.257 e. The Labute approximate surface area is 199 Å². The zero-order valence-corrected chi connectivity index (χ0v) is 19.3. The van der Waals surface area contributed by atoms with Crippen LogP contribution in [0.4, 0.5) is 15.8 Å². The van der Waals surface area contributed by atoms with Gasteiger partial charge in [0.05, 0.1) is 17.8 Å². The Morgan fingerprint density at radius 1 is 0.853 bits per heavy atom. The lowest BCUT2D eigenvalue weighted by molar-refractivity contribution is -0.138. The van der Waals surface area contributed by atoms with Crippen LogP contribution in [0.5, 0.6) is 0 Å². The minimum Gasteiger partial charge on any atom is -0.340 e. The molecule has 34 heavy (non-hydrogen) atoms. The van der Waals surface area contributed by atoms with Crippen molar-refractivity contribution >= 4 is 29.1 Å². The van der Waals surface area contributed by atoms with Gasteiger partial charge in [-0.05, 0) is 49.2 Å². The molecule has 3 amide bonds. The van der Waals surface area contributed by atoms with Crippen LogP contribution in [-0.2, 0) is 9.59 Å². The minimum absolute atomic E-state index is 0.168. The van der Waals surface area contributed by atoms with Crippen LogP contribution in [0.15, 0.2) is 48.5 Å². The van der Waals surface area contributed by atoms with Crippen LogP contribution < -0.4 is 10.6 Å². The Balaban J connectivity index is 1.28. The summed E-state index contributed by atoms with van der Waals surface area (Å²) in [6, 6.07) is 12.3. The van der Waals surface area contributed by atoms with Crippen LogP contribution in [0, 0.1) is 11.7 Å². The molecular formula is C26H31FN4O3. The maximum atomic E-state index is 13.1. The van der Waals surface area contributed by atoms with Gasteiger partial charge in [-0.3, -0.25) is 19.3 Å². The third kappa shape index (κ3) is 6.20. The lowest BCUT2D eigenvalue weighted by Crippen LogP contribution is -2.52.